The van der Waals surface area contributed by atoms with Gasteiger partial charge in [0, 0.05) is 12.1 Å². The molecular formula is C16H23NO. The van der Waals surface area contributed by atoms with Gasteiger partial charge < -0.3 is 9.64 Å². The summed E-state index contributed by atoms with van der Waals surface area (Å²) in [5.74, 6) is 1.81. The number of hydrogen-bond acceptors (Lipinski definition) is 2. The van der Waals surface area contributed by atoms with Crippen LogP contribution in [0, 0.1) is 12.8 Å². The van der Waals surface area contributed by atoms with E-state index in [9.17, 15) is 0 Å². The fraction of sp³-hybridized carbons (Fsp3) is 0.625. The Bertz CT molecular complexity index is 403. The fourth-order valence-electron chi connectivity index (χ4n) is 3.59. The highest BCUT2D eigenvalue weighted by Gasteiger charge is 2.38. The molecule has 0 N–H and O–H groups in total. The number of para-hydroxylation sites is 1. The van der Waals surface area contributed by atoms with E-state index in [1.54, 1.807) is 0 Å². The molecule has 0 spiro atoms. The van der Waals surface area contributed by atoms with Gasteiger partial charge in [0.2, 0.25) is 0 Å². The predicted octanol–water partition coefficient (Wildman–Crippen LogP) is 3.25. The summed E-state index contributed by atoms with van der Waals surface area (Å²) >= 11 is 0. The third-order valence-electron chi connectivity index (χ3n) is 4.76. The van der Waals surface area contributed by atoms with Gasteiger partial charge in [-0.1, -0.05) is 18.2 Å². The monoisotopic (exact) mass is 245 g/mol. The van der Waals surface area contributed by atoms with Crippen LogP contribution in [0.5, 0.6) is 5.75 Å². The van der Waals surface area contributed by atoms with Crippen LogP contribution in [0.4, 0.5) is 0 Å². The maximum atomic E-state index is 6.02. The molecule has 0 aromatic heterocycles. The molecule has 2 aliphatic heterocycles. The van der Waals surface area contributed by atoms with Crippen molar-refractivity contribution < 1.29 is 4.74 Å². The topological polar surface area (TPSA) is 12.5 Å². The van der Waals surface area contributed by atoms with Gasteiger partial charge in [-0.3, -0.25) is 0 Å². The van der Waals surface area contributed by atoms with Crippen molar-refractivity contribution in [3.63, 3.8) is 0 Å². The minimum atomic E-state index is 0.748. The molecule has 0 saturated carbocycles. The van der Waals surface area contributed by atoms with E-state index in [0.717, 1.165) is 30.4 Å². The van der Waals surface area contributed by atoms with Crippen LogP contribution in [0.15, 0.2) is 24.3 Å². The number of rotatable bonds is 3. The first-order chi connectivity index (χ1) is 8.74. The van der Waals surface area contributed by atoms with Crippen molar-refractivity contribution >= 4 is 0 Å². The summed E-state index contributed by atoms with van der Waals surface area (Å²) < 4.78 is 6.02. The molecule has 2 aliphatic rings. The molecule has 1 aromatic carbocycles. The number of piperidine rings is 1. The van der Waals surface area contributed by atoms with E-state index < -0.39 is 0 Å². The summed E-state index contributed by atoms with van der Waals surface area (Å²) in [4.78, 5) is 2.59. The zero-order chi connectivity index (χ0) is 12.5. The first-order valence-corrected chi connectivity index (χ1v) is 7.14. The molecular weight excluding hydrogens is 222 g/mol. The molecule has 2 atom stereocenters. The van der Waals surface area contributed by atoms with Crippen molar-refractivity contribution in [3.8, 4) is 5.75 Å². The predicted molar refractivity (Wildman–Crippen MR) is 74.0 cm³/mol. The summed E-state index contributed by atoms with van der Waals surface area (Å²) in [5.41, 5.74) is 1.24. The van der Waals surface area contributed by atoms with Crippen molar-refractivity contribution in [2.24, 2.45) is 5.92 Å². The normalized spacial score (nSPS) is 31.6. The molecule has 2 bridgehead atoms. The molecule has 2 saturated heterocycles. The lowest BCUT2D eigenvalue weighted by Crippen LogP contribution is -2.41. The standard InChI is InChI=1S/C16H23NO/c1-12-5-3-4-6-16(12)18-11-13-9-14-7-8-15(10-13)17(14)2/h3-6,13-15H,7-11H2,1-2H3. The molecule has 2 nitrogen and oxygen atoms in total. The molecule has 2 heteroatoms. The average Bonchev–Trinajstić information content (AvgIpc) is 2.62. The van der Waals surface area contributed by atoms with E-state index in [1.807, 2.05) is 0 Å². The first kappa shape index (κ1) is 12.0. The average molecular weight is 245 g/mol. The van der Waals surface area contributed by atoms with Crippen molar-refractivity contribution in [3.05, 3.63) is 29.8 Å². The number of ether oxygens (including phenoxy) is 1. The minimum Gasteiger partial charge on any atom is -0.493 e. The van der Waals surface area contributed by atoms with Crippen molar-refractivity contribution in [2.45, 2.75) is 44.7 Å². The Balaban J connectivity index is 1.57. The van der Waals surface area contributed by atoms with Gasteiger partial charge >= 0.3 is 0 Å². The third kappa shape index (κ3) is 2.26. The highest BCUT2D eigenvalue weighted by Crippen LogP contribution is 2.37. The lowest BCUT2D eigenvalue weighted by atomic mass is 9.92. The number of aryl methyl sites for hydroxylation is 1. The number of fused-ring (bicyclic) bond motifs is 2. The Morgan fingerprint density at radius 2 is 1.83 bits per heavy atom. The van der Waals surface area contributed by atoms with Gasteiger partial charge in [-0.25, -0.2) is 0 Å². The Hall–Kier alpha value is -1.02. The van der Waals surface area contributed by atoms with Crippen molar-refractivity contribution in [1.82, 2.24) is 4.90 Å². The van der Waals surface area contributed by atoms with Gasteiger partial charge in [0.25, 0.3) is 0 Å². The SMILES string of the molecule is Cc1ccccc1OCC1CC2CCC(C1)N2C. The number of hydrogen-bond donors (Lipinski definition) is 0. The summed E-state index contributed by atoms with van der Waals surface area (Å²) in [6, 6.07) is 9.95. The van der Waals surface area contributed by atoms with Crippen LogP contribution in [0.2, 0.25) is 0 Å². The molecule has 18 heavy (non-hydrogen) atoms. The second-order valence-electron chi connectivity index (χ2n) is 5.96. The molecule has 1 aromatic rings. The molecule has 2 unspecified atom stereocenters. The van der Waals surface area contributed by atoms with Gasteiger partial charge in [0.1, 0.15) is 5.75 Å². The first-order valence-electron chi connectivity index (χ1n) is 7.14. The zero-order valence-corrected chi connectivity index (χ0v) is 11.4. The van der Waals surface area contributed by atoms with Crippen LogP contribution in [0.25, 0.3) is 0 Å². The Labute approximate surface area is 110 Å². The molecule has 98 valence electrons. The number of benzene rings is 1. The number of nitrogens with zero attached hydrogens (tertiary/aromatic N) is 1. The summed E-state index contributed by atoms with van der Waals surface area (Å²) in [6.07, 6.45) is 5.42. The van der Waals surface area contributed by atoms with E-state index in [1.165, 1.54) is 31.2 Å². The maximum absolute atomic E-state index is 6.02. The smallest absolute Gasteiger partial charge is 0.122 e. The quantitative estimate of drug-likeness (QED) is 0.810. The van der Waals surface area contributed by atoms with Crippen LogP contribution in [0.1, 0.15) is 31.2 Å². The second kappa shape index (κ2) is 4.93. The second-order valence-corrected chi connectivity index (χ2v) is 5.96. The third-order valence-corrected chi connectivity index (χ3v) is 4.76. The van der Waals surface area contributed by atoms with Gasteiger partial charge in [-0.2, -0.15) is 0 Å². The maximum Gasteiger partial charge on any atom is 0.122 e. The highest BCUT2D eigenvalue weighted by molar-refractivity contribution is 5.31. The fourth-order valence-corrected chi connectivity index (χ4v) is 3.59. The van der Waals surface area contributed by atoms with Crippen molar-refractivity contribution in [1.29, 1.82) is 0 Å². The van der Waals surface area contributed by atoms with Gasteiger partial charge in [0.15, 0.2) is 0 Å². The largest absolute Gasteiger partial charge is 0.493 e. The van der Waals surface area contributed by atoms with Crippen LogP contribution >= 0.6 is 0 Å². The summed E-state index contributed by atoms with van der Waals surface area (Å²) in [5, 5.41) is 0. The van der Waals surface area contributed by atoms with Crippen LogP contribution < -0.4 is 4.74 Å². The van der Waals surface area contributed by atoms with E-state index in [0.29, 0.717) is 0 Å². The lowest BCUT2D eigenvalue weighted by Gasteiger charge is -2.36. The van der Waals surface area contributed by atoms with Crippen molar-refractivity contribution in [2.75, 3.05) is 13.7 Å². The molecule has 2 fully saturated rings. The molecule has 0 aliphatic carbocycles. The van der Waals surface area contributed by atoms with Gasteiger partial charge in [0.05, 0.1) is 6.61 Å². The summed E-state index contributed by atoms with van der Waals surface area (Å²) in [6.45, 7) is 3.01. The molecule has 0 amide bonds. The van der Waals surface area contributed by atoms with E-state index in [4.69, 9.17) is 4.74 Å². The van der Waals surface area contributed by atoms with E-state index in [2.05, 4.69) is 43.1 Å². The van der Waals surface area contributed by atoms with E-state index >= 15 is 0 Å². The van der Waals surface area contributed by atoms with Gasteiger partial charge in [-0.05, 0) is 57.2 Å². The van der Waals surface area contributed by atoms with Crippen LogP contribution in [0.3, 0.4) is 0 Å². The lowest BCUT2D eigenvalue weighted by molar-refractivity contribution is 0.102. The minimum absolute atomic E-state index is 0.748. The summed E-state index contributed by atoms with van der Waals surface area (Å²) in [7, 11) is 2.29. The molecule has 2 heterocycles. The van der Waals surface area contributed by atoms with Gasteiger partial charge in [-0.15, -0.1) is 0 Å². The van der Waals surface area contributed by atoms with Crippen LogP contribution in [-0.4, -0.2) is 30.6 Å². The highest BCUT2D eigenvalue weighted by atomic mass is 16.5. The zero-order valence-electron chi connectivity index (χ0n) is 11.4. The Kier molecular flexibility index (Phi) is 3.29. The van der Waals surface area contributed by atoms with Crippen LogP contribution in [-0.2, 0) is 0 Å². The molecule has 0 radical (unpaired) electrons. The Morgan fingerprint density at radius 1 is 1.17 bits per heavy atom. The molecule has 3 rings (SSSR count). The van der Waals surface area contributed by atoms with E-state index in [-0.39, 0.29) is 0 Å². The Morgan fingerprint density at radius 3 is 2.50 bits per heavy atom.